The molecule has 0 amide bonds. The maximum absolute atomic E-state index is 5.72. The molecule has 0 saturated heterocycles. The van der Waals surface area contributed by atoms with Crippen LogP contribution in [0.4, 0.5) is 0 Å². The summed E-state index contributed by atoms with van der Waals surface area (Å²) >= 11 is 0. The smallest absolute Gasteiger partial charge is 0.0648 e. The topological polar surface area (TPSA) is 9.23 Å². The van der Waals surface area contributed by atoms with Crippen molar-refractivity contribution in [3.63, 3.8) is 0 Å². The van der Waals surface area contributed by atoms with Crippen LogP contribution in [0.3, 0.4) is 0 Å². The Kier molecular flexibility index (Phi) is 18.0. The molecule has 0 N–H and O–H groups in total. The first-order valence-electron chi connectivity index (χ1n) is 9.72. The summed E-state index contributed by atoms with van der Waals surface area (Å²) in [4.78, 5) is 0. The van der Waals surface area contributed by atoms with Crippen LogP contribution in [0.5, 0.6) is 0 Å². The number of hydrogen-bond acceptors (Lipinski definition) is 1. The van der Waals surface area contributed by atoms with Gasteiger partial charge in [-0.3, -0.25) is 0 Å². The monoisotopic (exact) mass is 308 g/mol. The molecule has 0 aliphatic carbocycles. The van der Waals surface area contributed by atoms with Crippen molar-refractivity contribution in [2.45, 2.75) is 103 Å². The maximum atomic E-state index is 5.72. The van der Waals surface area contributed by atoms with Crippen molar-refractivity contribution in [3.8, 4) is 0 Å². The lowest BCUT2D eigenvalue weighted by atomic mass is 10.1. The van der Waals surface area contributed by atoms with Crippen LogP contribution >= 0.6 is 0 Å². The standard InChI is InChI=1S/C21H40O/c1-4-7-8-9-10-11-12-13-14-15-16-17-18-19-21(6-3)22-20-5-2/h5,13-14,21H,2,4,6-12,15-20H2,1,3H3/b14-13+. The fraction of sp³-hybridized carbons (Fsp3) is 0.810. The first-order chi connectivity index (χ1) is 10.8. The molecule has 0 saturated carbocycles. The van der Waals surface area contributed by atoms with Gasteiger partial charge in [-0.1, -0.05) is 77.0 Å². The fourth-order valence-electron chi connectivity index (χ4n) is 2.70. The second-order valence-electron chi connectivity index (χ2n) is 6.32. The van der Waals surface area contributed by atoms with Crippen LogP contribution in [-0.4, -0.2) is 12.7 Å². The van der Waals surface area contributed by atoms with Gasteiger partial charge in [0.25, 0.3) is 0 Å². The van der Waals surface area contributed by atoms with Gasteiger partial charge in [-0.05, 0) is 38.5 Å². The van der Waals surface area contributed by atoms with Gasteiger partial charge in [-0.15, -0.1) is 6.58 Å². The van der Waals surface area contributed by atoms with E-state index in [0.29, 0.717) is 12.7 Å². The van der Waals surface area contributed by atoms with E-state index in [2.05, 4.69) is 32.6 Å². The third-order valence-corrected chi connectivity index (χ3v) is 4.19. The first-order valence-corrected chi connectivity index (χ1v) is 9.72. The van der Waals surface area contributed by atoms with Crippen molar-refractivity contribution in [2.75, 3.05) is 6.61 Å². The molecule has 0 aromatic carbocycles. The van der Waals surface area contributed by atoms with Crippen molar-refractivity contribution >= 4 is 0 Å². The van der Waals surface area contributed by atoms with Crippen LogP contribution in [-0.2, 0) is 4.74 Å². The maximum Gasteiger partial charge on any atom is 0.0648 e. The molecule has 22 heavy (non-hydrogen) atoms. The zero-order valence-corrected chi connectivity index (χ0v) is 15.3. The van der Waals surface area contributed by atoms with Crippen molar-refractivity contribution in [2.24, 2.45) is 0 Å². The minimum absolute atomic E-state index is 0.432. The van der Waals surface area contributed by atoms with Crippen LogP contribution in [0, 0.1) is 0 Å². The summed E-state index contributed by atoms with van der Waals surface area (Å²) in [6, 6.07) is 0. The van der Waals surface area contributed by atoms with Gasteiger partial charge in [-0.25, -0.2) is 0 Å². The highest BCUT2D eigenvalue weighted by molar-refractivity contribution is 4.81. The SMILES string of the molecule is C=CCOC(CC)CCCCC/C=C/CCCCCCCC. The van der Waals surface area contributed by atoms with Gasteiger partial charge in [0.2, 0.25) is 0 Å². The molecular weight excluding hydrogens is 268 g/mol. The highest BCUT2D eigenvalue weighted by Gasteiger charge is 2.04. The van der Waals surface area contributed by atoms with Crippen molar-refractivity contribution in [1.29, 1.82) is 0 Å². The van der Waals surface area contributed by atoms with Crippen LogP contribution < -0.4 is 0 Å². The van der Waals surface area contributed by atoms with Crippen molar-refractivity contribution in [1.82, 2.24) is 0 Å². The Morgan fingerprint density at radius 2 is 1.41 bits per heavy atom. The number of unbranched alkanes of at least 4 members (excludes halogenated alkanes) is 9. The van der Waals surface area contributed by atoms with E-state index in [1.165, 1.54) is 77.0 Å². The van der Waals surface area contributed by atoms with E-state index >= 15 is 0 Å². The van der Waals surface area contributed by atoms with Gasteiger partial charge in [0.1, 0.15) is 0 Å². The Labute approximate surface area is 140 Å². The van der Waals surface area contributed by atoms with Crippen LogP contribution in [0.25, 0.3) is 0 Å². The summed E-state index contributed by atoms with van der Waals surface area (Å²) in [5, 5.41) is 0. The highest BCUT2D eigenvalue weighted by Crippen LogP contribution is 2.12. The minimum Gasteiger partial charge on any atom is -0.374 e. The highest BCUT2D eigenvalue weighted by atomic mass is 16.5. The Bertz CT molecular complexity index is 244. The number of hydrogen-bond donors (Lipinski definition) is 0. The van der Waals surface area contributed by atoms with Crippen LogP contribution in [0.1, 0.15) is 97.3 Å². The van der Waals surface area contributed by atoms with E-state index in [4.69, 9.17) is 4.74 Å². The molecule has 0 aromatic rings. The molecule has 0 aromatic heterocycles. The summed E-state index contributed by atoms with van der Waals surface area (Å²) in [5.74, 6) is 0. The quantitative estimate of drug-likeness (QED) is 0.203. The van der Waals surface area contributed by atoms with Gasteiger partial charge < -0.3 is 4.74 Å². The molecular formula is C21H40O. The molecule has 0 radical (unpaired) electrons. The molecule has 1 heteroatoms. The van der Waals surface area contributed by atoms with E-state index in [9.17, 15) is 0 Å². The summed E-state index contributed by atoms with van der Waals surface area (Å²) in [6.45, 7) is 8.88. The van der Waals surface area contributed by atoms with E-state index in [1.807, 2.05) is 6.08 Å². The Morgan fingerprint density at radius 3 is 2.00 bits per heavy atom. The number of ether oxygens (including phenoxy) is 1. The number of allylic oxidation sites excluding steroid dienone is 2. The van der Waals surface area contributed by atoms with Crippen molar-refractivity contribution in [3.05, 3.63) is 24.8 Å². The van der Waals surface area contributed by atoms with Gasteiger partial charge in [0.05, 0.1) is 12.7 Å². The van der Waals surface area contributed by atoms with Crippen LogP contribution in [0.2, 0.25) is 0 Å². The Hall–Kier alpha value is -0.560. The van der Waals surface area contributed by atoms with Gasteiger partial charge >= 0.3 is 0 Å². The Balaban J connectivity index is 3.27. The third-order valence-electron chi connectivity index (χ3n) is 4.19. The molecule has 130 valence electrons. The van der Waals surface area contributed by atoms with E-state index in [1.54, 1.807) is 0 Å². The summed E-state index contributed by atoms with van der Waals surface area (Å²) < 4.78 is 5.72. The summed E-state index contributed by atoms with van der Waals surface area (Å²) in [7, 11) is 0. The molecule has 1 atom stereocenters. The molecule has 0 fully saturated rings. The zero-order chi connectivity index (χ0) is 16.3. The second kappa shape index (κ2) is 18.5. The summed E-state index contributed by atoms with van der Waals surface area (Å²) in [5.41, 5.74) is 0. The molecule has 1 nitrogen and oxygen atoms in total. The van der Waals surface area contributed by atoms with E-state index < -0.39 is 0 Å². The predicted octanol–water partition coefficient (Wildman–Crippen LogP) is 7.22. The van der Waals surface area contributed by atoms with E-state index in [-0.39, 0.29) is 0 Å². The Morgan fingerprint density at radius 1 is 0.818 bits per heavy atom. The van der Waals surface area contributed by atoms with Gasteiger partial charge in [-0.2, -0.15) is 0 Å². The zero-order valence-electron chi connectivity index (χ0n) is 15.3. The predicted molar refractivity (Wildman–Crippen MR) is 100 cm³/mol. The largest absolute Gasteiger partial charge is 0.374 e. The molecule has 0 rings (SSSR count). The fourth-order valence-corrected chi connectivity index (χ4v) is 2.70. The van der Waals surface area contributed by atoms with Gasteiger partial charge in [0, 0.05) is 0 Å². The molecule has 0 bridgehead atoms. The normalized spacial score (nSPS) is 12.8. The minimum atomic E-state index is 0.432. The van der Waals surface area contributed by atoms with Gasteiger partial charge in [0.15, 0.2) is 0 Å². The molecule has 0 heterocycles. The average molecular weight is 309 g/mol. The molecule has 0 aliphatic heterocycles. The third kappa shape index (κ3) is 15.8. The first kappa shape index (κ1) is 21.4. The van der Waals surface area contributed by atoms with E-state index in [0.717, 1.165) is 6.42 Å². The lowest BCUT2D eigenvalue weighted by Gasteiger charge is -2.14. The summed E-state index contributed by atoms with van der Waals surface area (Å²) in [6.07, 6.45) is 24.2. The average Bonchev–Trinajstić information content (AvgIpc) is 2.54. The molecule has 0 spiro atoms. The van der Waals surface area contributed by atoms with Crippen LogP contribution in [0.15, 0.2) is 24.8 Å². The lowest BCUT2D eigenvalue weighted by molar-refractivity contribution is 0.0632. The second-order valence-corrected chi connectivity index (χ2v) is 6.32. The molecule has 1 unspecified atom stereocenters. The molecule has 0 aliphatic rings. The van der Waals surface area contributed by atoms with Crippen molar-refractivity contribution < 1.29 is 4.74 Å². The number of rotatable bonds is 17. The lowest BCUT2D eigenvalue weighted by Crippen LogP contribution is -2.11.